The molecule has 0 bridgehead atoms. The van der Waals surface area contributed by atoms with Crippen LogP contribution in [0.4, 0.5) is 0 Å². The topological polar surface area (TPSA) is 9.86 Å². The molecular formula is C61H40N2. The summed E-state index contributed by atoms with van der Waals surface area (Å²) in [6, 6.07) is 79.2. The van der Waals surface area contributed by atoms with Crippen molar-refractivity contribution in [2.24, 2.45) is 0 Å². The zero-order valence-electron chi connectivity index (χ0n) is 34.5. The number of benzene rings is 9. The lowest BCUT2D eigenvalue weighted by atomic mass is 9.70. The van der Waals surface area contributed by atoms with Gasteiger partial charge in [0.2, 0.25) is 0 Å². The maximum Gasteiger partial charge on any atom is 0.0726 e. The maximum absolute atomic E-state index is 2.53. The molecule has 0 saturated carbocycles. The average molecular weight is 801 g/mol. The van der Waals surface area contributed by atoms with Crippen LogP contribution in [0.15, 0.2) is 218 Å². The van der Waals surface area contributed by atoms with Gasteiger partial charge in [0, 0.05) is 39.1 Å². The summed E-state index contributed by atoms with van der Waals surface area (Å²) in [4.78, 5) is 0. The van der Waals surface area contributed by atoms with E-state index in [0.29, 0.717) is 0 Å². The van der Waals surface area contributed by atoms with Gasteiger partial charge in [0.1, 0.15) is 0 Å². The Hall–Kier alpha value is -7.94. The van der Waals surface area contributed by atoms with Crippen LogP contribution in [0, 0.1) is 0 Å². The van der Waals surface area contributed by atoms with Crippen molar-refractivity contribution in [3.8, 4) is 44.8 Å². The fourth-order valence-electron chi connectivity index (χ4n) is 11.9. The van der Waals surface area contributed by atoms with Gasteiger partial charge in [-0.1, -0.05) is 170 Å². The second kappa shape index (κ2) is 13.0. The number of para-hydroxylation sites is 2. The van der Waals surface area contributed by atoms with Crippen LogP contribution in [-0.4, -0.2) is 9.13 Å². The predicted molar refractivity (Wildman–Crippen MR) is 261 cm³/mol. The first-order valence-corrected chi connectivity index (χ1v) is 22.2. The predicted octanol–water partition coefficient (Wildman–Crippen LogP) is 15.1. The molecule has 1 atom stereocenters. The van der Waals surface area contributed by atoms with Gasteiger partial charge in [-0.05, 0) is 128 Å². The van der Waals surface area contributed by atoms with Gasteiger partial charge in [0.05, 0.1) is 22.0 Å². The maximum atomic E-state index is 2.53. The van der Waals surface area contributed by atoms with E-state index < -0.39 is 0 Å². The lowest BCUT2D eigenvalue weighted by Crippen LogP contribution is -2.26. The van der Waals surface area contributed by atoms with E-state index in [2.05, 4.69) is 234 Å². The van der Waals surface area contributed by atoms with Crippen molar-refractivity contribution in [2.75, 3.05) is 0 Å². The van der Waals surface area contributed by atoms with Crippen LogP contribution < -0.4 is 0 Å². The van der Waals surface area contributed by atoms with Gasteiger partial charge >= 0.3 is 0 Å². The molecule has 11 aromatic rings. The van der Waals surface area contributed by atoms with Crippen LogP contribution in [0.2, 0.25) is 0 Å². The monoisotopic (exact) mass is 800 g/mol. The minimum absolute atomic E-state index is 0.248. The highest BCUT2D eigenvalue weighted by Crippen LogP contribution is 2.63. The molecule has 0 fully saturated rings. The lowest BCUT2D eigenvalue weighted by Gasteiger charge is -2.30. The van der Waals surface area contributed by atoms with E-state index in [4.69, 9.17) is 0 Å². The summed E-state index contributed by atoms with van der Waals surface area (Å²) in [7, 11) is 0. The first-order valence-electron chi connectivity index (χ1n) is 22.2. The van der Waals surface area contributed by atoms with E-state index in [9.17, 15) is 0 Å². The zero-order chi connectivity index (χ0) is 41.2. The molecule has 0 aliphatic heterocycles. The summed E-state index contributed by atoms with van der Waals surface area (Å²) in [5, 5.41) is 3.90. The van der Waals surface area contributed by atoms with Gasteiger partial charge in [-0.2, -0.15) is 0 Å². The van der Waals surface area contributed by atoms with Gasteiger partial charge in [-0.3, -0.25) is 0 Å². The quantitative estimate of drug-likeness (QED) is 0.168. The lowest BCUT2D eigenvalue weighted by molar-refractivity contribution is 0.791. The van der Waals surface area contributed by atoms with E-state index in [-0.39, 0.29) is 11.3 Å². The molecule has 3 aliphatic carbocycles. The third kappa shape index (κ3) is 4.73. The van der Waals surface area contributed by atoms with Crippen molar-refractivity contribution in [3.63, 3.8) is 0 Å². The average Bonchev–Trinajstić information content (AvgIpc) is 4.06. The molecular weight excluding hydrogens is 761 g/mol. The first-order chi connectivity index (χ1) is 31.3. The summed E-state index contributed by atoms with van der Waals surface area (Å²) in [6.07, 6.45) is 5.79. The fraction of sp³-hybridized carbons (Fsp3) is 0.0492. The Morgan fingerprint density at radius 1 is 0.381 bits per heavy atom. The Morgan fingerprint density at radius 3 is 1.62 bits per heavy atom. The Kier molecular flexibility index (Phi) is 7.19. The van der Waals surface area contributed by atoms with Crippen LogP contribution in [0.1, 0.15) is 45.0 Å². The van der Waals surface area contributed by atoms with Crippen LogP contribution in [0.5, 0.6) is 0 Å². The van der Waals surface area contributed by atoms with Crippen LogP contribution in [-0.2, 0) is 11.8 Å². The number of rotatable bonds is 4. The summed E-state index contributed by atoms with van der Waals surface area (Å²) >= 11 is 0. The normalized spacial score (nSPS) is 15.1. The Labute approximate surface area is 366 Å². The number of hydrogen-bond acceptors (Lipinski definition) is 0. The second-order valence-electron chi connectivity index (χ2n) is 17.5. The SMILES string of the molecule is C1=CC(c2ccc3c(c2)c2ccccc2n3-c2ccc(-c3ccccc3)cc2)Cc2c1n(-c1ccc3c(c1)C1(c4ccccc4-c4ccccc41)c1ccccc1-3)c1ccccc21. The number of aromatic nitrogens is 2. The highest BCUT2D eigenvalue weighted by atomic mass is 15.0. The number of hydrogen-bond donors (Lipinski definition) is 0. The van der Waals surface area contributed by atoms with Gasteiger partial charge in [0.25, 0.3) is 0 Å². The van der Waals surface area contributed by atoms with Crippen LogP contribution >= 0.6 is 0 Å². The minimum Gasteiger partial charge on any atom is -0.310 e. The third-order valence-electron chi connectivity index (χ3n) is 14.5. The number of fused-ring (bicyclic) bond motifs is 16. The largest absolute Gasteiger partial charge is 0.310 e. The molecule has 1 spiro atoms. The summed E-state index contributed by atoms with van der Waals surface area (Å²) in [5.74, 6) is 0.248. The van der Waals surface area contributed by atoms with Crippen molar-refractivity contribution < 1.29 is 0 Å². The molecule has 14 rings (SSSR count). The summed E-state index contributed by atoms with van der Waals surface area (Å²) in [5.41, 5.74) is 23.0. The Balaban J connectivity index is 0.889. The van der Waals surface area contributed by atoms with Crippen molar-refractivity contribution in [2.45, 2.75) is 17.8 Å². The smallest absolute Gasteiger partial charge is 0.0726 e. The van der Waals surface area contributed by atoms with Gasteiger partial charge in [-0.15, -0.1) is 0 Å². The van der Waals surface area contributed by atoms with E-state index in [1.54, 1.807) is 0 Å². The molecule has 63 heavy (non-hydrogen) atoms. The first kappa shape index (κ1) is 34.7. The third-order valence-corrected chi connectivity index (χ3v) is 14.5. The van der Waals surface area contributed by atoms with Gasteiger partial charge < -0.3 is 9.13 Å². The summed E-state index contributed by atoms with van der Waals surface area (Å²) < 4.78 is 4.95. The Morgan fingerprint density at radius 2 is 0.921 bits per heavy atom. The Bertz CT molecular complexity index is 3640. The van der Waals surface area contributed by atoms with Crippen LogP contribution in [0.25, 0.3) is 83.5 Å². The molecule has 0 radical (unpaired) electrons. The molecule has 2 heterocycles. The molecule has 1 unspecified atom stereocenters. The van der Waals surface area contributed by atoms with E-state index >= 15 is 0 Å². The van der Waals surface area contributed by atoms with Crippen LogP contribution in [0.3, 0.4) is 0 Å². The minimum atomic E-state index is -0.382. The molecule has 294 valence electrons. The van der Waals surface area contributed by atoms with E-state index in [0.717, 1.165) is 6.42 Å². The fourth-order valence-corrected chi connectivity index (χ4v) is 11.9. The van der Waals surface area contributed by atoms with Crippen molar-refractivity contribution >= 4 is 38.8 Å². The van der Waals surface area contributed by atoms with E-state index in [1.807, 2.05) is 0 Å². The highest BCUT2D eigenvalue weighted by molar-refractivity contribution is 6.09. The molecule has 0 N–H and O–H groups in total. The van der Waals surface area contributed by atoms with Crippen molar-refractivity contribution in [1.29, 1.82) is 0 Å². The molecule has 9 aromatic carbocycles. The number of allylic oxidation sites excluding steroid dienone is 1. The summed E-state index contributed by atoms with van der Waals surface area (Å²) in [6.45, 7) is 0. The van der Waals surface area contributed by atoms with Gasteiger partial charge in [-0.25, -0.2) is 0 Å². The highest BCUT2D eigenvalue weighted by Gasteiger charge is 2.51. The second-order valence-corrected chi connectivity index (χ2v) is 17.5. The molecule has 0 amide bonds. The molecule has 2 heteroatoms. The molecule has 3 aliphatic rings. The van der Waals surface area contributed by atoms with Crippen molar-refractivity contribution in [3.05, 3.63) is 257 Å². The number of nitrogens with zero attached hydrogens (tertiary/aromatic N) is 2. The molecule has 0 saturated heterocycles. The molecule has 2 nitrogen and oxygen atoms in total. The van der Waals surface area contributed by atoms with Crippen molar-refractivity contribution in [1.82, 2.24) is 9.13 Å². The zero-order valence-corrected chi connectivity index (χ0v) is 34.5. The van der Waals surface area contributed by atoms with E-state index in [1.165, 1.54) is 117 Å². The van der Waals surface area contributed by atoms with Gasteiger partial charge in [0.15, 0.2) is 0 Å². The standard InChI is InChI=1S/C61H40N2/c1-2-14-39(15-3-1)40-26-30-43(31-27-40)62-57-24-12-7-19-49(57)51-36-41(28-34-59(51)62)42-29-35-60-52(37-42)50-20-8-13-25-58(50)63(60)44-32-33-48-47-18-6-11-23-55(47)61(56(48)38-44)53-21-9-4-16-45(53)46-17-5-10-22-54(46)61/h1-36,38,42H,37H2. The molecule has 2 aromatic heterocycles.